The lowest BCUT2D eigenvalue weighted by atomic mass is 9.94. The topological polar surface area (TPSA) is 71.3 Å². The third-order valence-corrected chi connectivity index (χ3v) is 7.29. The Hall–Kier alpha value is -3.52. The van der Waals surface area contributed by atoms with Gasteiger partial charge in [-0.2, -0.15) is 0 Å². The van der Waals surface area contributed by atoms with E-state index >= 15 is 0 Å². The number of anilines is 2. The molecule has 3 aromatic rings. The van der Waals surface area contributed by atoms with Gasteiger partial charge in [-0.05, 0) is 43.5 Å². The largest absolute Gasteiger partial charge is 0.486 e. The number of carbonyl (C=O) groups is 1. The smallest absolute Gasteiger partial charge is 0.263 e. The number of amides is 1. The van der Waals surface area contributed by atoms with E-state index in [2.05, 4.69) is 33.2 Å². The lowest BCUT2D eigenvalue weighted by molar-refractivity contribution is 0.0961. The first kappa shape index (κ1) is 22.0. The molecule has 1 unspecified atom stereocenters. The molecule has 1 fully saturated rings. The second-order valence-electron chi connectivity index (χ2n) is 9.38. The lowest BCUT2D eigenvalue weighted by Gasteiger charge is -2.42. The summed E-state index contributed by atoms with van der Waals surface area (Å²) in [5, 5.41) is 3.84. The molecule has 8 heteroatoms. The number of rotatable bonds is 4. The molecular formula is C27H30N4O4. The van der Waals surface area contributed by atoms with Crippen LogP contribution in [0.25, 0.3) is 0 Å². The highest BCUT2D eigenvalue weighted by atomic mass is 16.6. The van der Waals surface area contributed by atoms with Crippen molar-refractivity contribution in [2.75, 3.05) is 55.7 Å². The second-order valence-corrected chi connectivity index (χ2v) is 9.38. The number of carbonyl (C=O) groups excluding carboxylic acids is 1. The zero-order valence-corrected chi connectivity index (χ0v) is 20.0. The van der Waals surface area contributed by atoms with Crippen molar-refractivity contribution in [3.63, 3.8) is 0 Å². The molecule has 1 atom stereocenters. The summed E-state index contributed by atoms with van der Waals surface area (Å²) in [4.78, 5) is 20.5. The Morgan fingerprint density at radius 1 is 1.00 bits per heavy atom. The molecule has 4 heterocycles. The van der Waals surface area contributed by atoms with Crippen molar-refractivity contribution in [2.45, 2.75) is 25.8 Å². The fourth-order valence-electron chi connectivity index (χ4n) is 5.46. The molecule has 182 valence electrons. The average Bonchev–Trinajstić information content (AvgIpc) is 3.34. The Balaban J connectivity index is 1.18. The molecule has 35 heavy (non-hydrogen) atoms. The molecule has 1 saturated heterocycles. The highest BCUT2D eigenvalue weighted by Gasteiger charge is 2.35. The van der Waals surface area contributed by atoms with E-state index in [-0.39, 0.29) is 11.9 Å². The maximum atomic E-state index is 13.6. The summed E-state index contributed by atoms with van der Waals surface area (Å²) in [6.07, 6.45) is 3.45. The van der Waals surface area contributed by atoms with E-state index in [1.54, 1.807) is 6.92 Å². The first-order valence-electron chi connectivity index (χ1n) is 12.4. The minimum absolute atomic E-state index is 0.0346. The van der Waals surface area contributed by atoms with Gasteiger partial charge in [-0.1, -0.05) is 29.4 Å². The van der Waals surface area contributed by atoms with Gasteiger partial charge in [0.15, 0.2) is 11.5 Å². The van der Waals surface area contributed by atoms with Gasteiger partial charge in [0.2, 0.25) is 0 Å². The molecule has 3 aliphatic rings. The Labute approximate surface area is 205 Å². The minimum atomic E-state index is -0.0346. The summed E-state index contributed by atoms with van der Waals surface area (Å²) >= 11 is 0. The SMILES string of the molecule is Cc1oncc1C(=O)N1c2ccccc2CCC1CN1CCN(c2cccc3c2OCCO3)CC1. The van der Waals surface area contributed by atoms with Gasteiger partial charge in [0.1, 0.15) is 24.5 Å². The van der Waals surface area contributed by atoms with Gasteiger partial charge in [0, 0.05) is 38.4 Å². The van der Waals surface area contributed by atoms with Gasteiger partial charge in [-0.25, -0.2) is 0 Å². The predicted octanol–water partition coefficient (Wildman–Crippen LogP) is 3.54. The van der Waals surface area contributed by atoms with E-state index in [1.807, 2.05) is 29.2 Å². The summed E-state index contributed by atoms with van der Waals surface area (Å²) in [5.74, 6) is 2.21. The van der Waals surface area contributed by atoms with Crippen molar-refractivity contribution in [1.82, 2.24) is 10.1 Å². The van der Waals surface area contributed by atoms with E-state index in [0.29, 0.717) is 24.5 Å². The standard InChI is InChI=1S/C27H30N4O4/c1-19-22(17-28-35-19)27(32)31-21(10-9-20-5-2-3-6-23(20)31)18-29-11-13-30(14-12-29)24-7-4-8-25-26(24)34-16-15-33-25/h2-8,17,21H,9-16,18H2,1H3. The molecule has 0 N–H and O–H groups in total. The number of benzene rings is 2. The molecule has 0 spiro atoms. The first-order valence-corrected chi connectivity index (χ1v) is 12.4. The first-order chi connectivity index (χ1) is 17.2. The summed E-state index contributed by atoms with van der Waals surface area (Å²) in [7, 11) is 0. The Morgan fingerprint density at radius 2 is 1.80 bits per heavy atom. The van der Waals surface area contributed by atoms with Crippen LogP contribution in [0.15, 0.2) is 53.2 Å². The number of piperazine rings is 1. The van der Waals surface area contributed by atoms with Gasteiger partial charge in [0.05, 0.1) is 17.9 Å². The molecule has 8 nitrogen and oxygen atoms in total. The number of aromatic nitrogens is 1. The quantitative estimate of drug-likeness (QED) is 0.573. The summed E-state index contributed by atoms with van der Waals surface area (Å²) < 4.78 is 16.9. The number of fused-ring (bicyclic) bond motifs is 2. The number of nitrogens with zero attached hydrogens (tertiary/aromatic N) is 4. The second kappa shape index (κ2) is 9.26. The number of para-hydroxylation sites is 2. The number of hydrogen-bond donors (Lipinski definition) is 0. The van der Waals surface area contributed by atoms with Gasteiger partial charge >= 0.3 is 0 Å². The van der Waals surface area contributed by atoms with E-state index in [1.165, 1.54) is 11.8 Å². The maximum absolute atomic E-state index is 13.6. The number of hydrogen-bond acceptors (Lipinski definition) is 7. The van der Waals surface area contributed by atoms with Crippen molar-refractivity contribution in [1.29, 1.82) is 0 Å². The molecule has 0 radical (unpaired) electrons. The molecule has 2 aromatic carbocycles. The van der Waals surface area contributed by atoms with Crippen LogP contribution in [0.1, 0.15) is 28.1 Å². The van der Waals surface area contributed by atoms with Crippen LogP contribution < -0.4 is 19.3 Å². The zero-order chi connectivity index (χ0) is 23.8. The van der Waals surface area contributed by atoms with Crippen LogP contribution in [-0.4, -0.2) is 67.9 Å². The van der Waals surface area contributed by atoms with Crippen LogP contribution in [0.3, 0.4) is 0 Å². The van der Waals surface area contributed by atoms with Crippen LogP contribution in [-0.2, 0) is 6.42 Å². The van der Waals surface area contributed by atoms with E-state index in [9.17, 15) is 4.79 Å². The molecule has 6 rings (SSSR count). The Bertz CT molecular complexity index is 1220. The van der Waals surface area contributed by atoms with Gasteiger partial charge in [-0.15, -0.1) is 0 Å². The average molecular weight is 475 g/mol. The number of aryl methyl sites for hydroxylation is 2. The van der Waals surface area contributed by atoms with Crippen molar-refractivity contribution < 1.29 is 18.8 Å². The van der Waals surface area contributed by atoms with Crippen LogP contribution in [0.4, 0.5) is 11.4 Å². The fraction of sp³-hybridized carbons (Fsp3) is 0.407. The Kier molecular flexibility index (Phi) is 5.82. The molecule has 0 bridgehead atoms. The molecule has 0 saturated carbocycles. The Morgan fingerprint density at radius 3 is 2.63 bits per heavy atom. The van der Waals surface area contributed by atoms with Crippen LogP contribution in [0, 0.1) is 6.92 Å². The fourth-order valence-corrected chi connectivity index (χ4v) is 5.46. The van der Waals surface area contributed by atoms with E-state index < -0.39 is 0 Å². The molecular weight excluding hydrogens is 444 g/mol. The highest BCUT2D eigenvalue weighted by Crippen LogP contribution is 2.40. The third-order valence-electron chi connectivity index (χ3n) is 7.29. The van der Waals surface area contributed by atoms with Crippen LogP contribution >= 0.6 is 0 Å². The monoisotopic (exact) mass is 474 g/mol. The highest BCUT2D eigenvalue weighted by molar-refractivity contribution is 6.07. The predicted molar refractivity (Wildman–Crippen MR) is 133 cm³/mol. The van der Waals surface area contributed by atoms with Crippen LogP contribution in [0.2, 0.25) is 0 Å². The molecule has 1 aromatic heterocycles. The van der Waals surface area contributed by atoms with Gasteiger partial charge < -0.3 is 23.8 Å². The lowest BCUT2D eigenvalue weighted by Crippen LogP contribution is -2.54. The van der Waals surface area contributed by atoms with Gasteiger partial charge in [-0.3, -0.25) is 9.69 Å². The normalized spacial score (nSPS) is 20.0. The molecule has 1 amide bonds. The van der Waals surface area contributed by atoms with Crippen molar-refractivity contribution >= 4 is 17.3 Å². The molecule has 3 aliphatic heterocycles. The summed E-state index contributed by atoms with van der Waals surface area (Å²) in [5.41, 5.74) is 3.86. The zero-order valence-electron chi connectivity index (χ0n) is 20.0. The third kappa shape index (κ3) is 4.12. The van der Waals surface area contributed by atoms with Crippen LogP contribution in [0.5, 0.6) is 11.5 Å². The van der Waals surface area contributed by atoms with Crippen molar-refractivity contribution in [3.8, 4) is 11.5 Å². The van der Waals surface area contributed by atoms with Crippen molar-refractivity contribution in [3.05, 3.63) is 65.5 Å². The summed E-state index contributed by atoms with van der Waals surface area (Å²) in [6.45, 7) is 7.48. The number of ether oxygens (including phenoxy) is 2. The van der Waals surface area contributed by atoms with Crippen molar-refractivity contribution in [2.24, 2.45) is 0 Å². The minimum Gasteiger partial charge on any atom is -0.486 e. The molecule has 0 aliphatic carbocycles. The summed E-state index contributed by atoms with van der Waals surface area (Å²) in [6, 6.07) is 14.4. The van der Waals surface area contributed by atoms with Gasteiger partial charge in [0.25, 0.3) is 5.91 Å². The van der Waals surface area contributed by atoms with E-state index in [0.717, 1.165) is 68.4 Å². The maximum Gasteiger partial charge on any atom is 0.263 e. The van der Waals surface area contributed by atoms with E-state index in [4.69, 9.17) is 14.0 Å².